The van der Waals surface area contributed by atoms with Crippen LogP contribution in [0.1, 0.15) is 51.9 Å². The minimum Gasteiger partial charge on any atom is -0.305 e. The van der Waals surface area contributed by atoms with Gasteiger partial charge in [0.15, 0.2) is 0 Å². The van der Waals surface area contributed by atoms with Crippen LogP contribution in [0.4, 0.5) is 0 Å². The van der Waals surface area contributed by atoms with Crippen molar-refractivity contribution in [2.75, 3.05) is 39.1 Å². The van der Waals surface area contributed by atoms with E-state index in [1.165, 1.54) is 69.9 Å². The molecular formula is C16H33BrN2. The fourth-order valence-corrected chi connectivity index (χ4v) is 3.61. The van der Waals surface area contributed by atoms with Gasteiger partial charge in [0, 0.05) is 24.5 Å². The third-order valence-corrected chi connectivity index (χ3v) is 4.98. The topological polar surface area (TPSA) is 6.48 Å². The molecule has 114 valence electrons. The average molecular weight is 333 g/mol. The van der Waals surface area contributed by atoms with E-state index in [0.29, 0.717) is 0 Å². The Balaban J connectivity index is 1.96. The third-order valence-electron chi connectivity index (χ3n) is 4.42. The summed E-state index contributed by atoms with van der Waals surface area (Å²) < 4.78 is 0. The van der Waals surface area contributed by atoms with Crippen molar-refractivity contribution in [3.63, 3.8) is 0 Å². The highest BCUT2D eigenvalue weighted by Crippen LogP contribution is 2.20. The van der Waals surface area contributed by atoms with Gasteiger partial charge in [0.2, 0.25) is 0 Å². The van der Waals surface area contributed by atoms with E-state index in [2.05, 4.69) is 46.7 Å². The summed E-state index contributed by atoms with van der Waals surface area (Å²) in [6.07, 6.45) is 9.86. The van der Waals surface area contributed by atoms with Crippen molar-refractivity contribution in [2.24, 2.45) is 5.92 Å². The molecule has 2 nitrogen and oxygen atoms in total. The van der Waals surface area contributed by atoms with E-state index in [9.17, 15) is 0 Å². The maximum atomic E-state index is 3.49. The maximum Gasteiger partial charge on any atom is 0.0254 e. The van der Waals surface area contributed by atoms with Crippen LogP contribution in [0.25, 0.3) is 0 Å². The molecule has 0 spiro atoms. The molecule has 0 aromatic rings. The van der Waals surface area contributed by atoms with Crippen LogP contribution in [0.5, 0.6) is 0 Å². The molecule has 0 radical (unpaired) electrons. The van der Waals surface area contributed by atoms with Crippen molar-refractivity contribution in [1.29, 1.82) is 0 Å². The smallest absolute Gasteiger partial charge is 0.0254 e. The van der Waals surface area contributed by atoms with Gasteiger partial charge in [0.25, 0.3) is 0 Å². The molecule has 0 amide bonds. The molecule has 0 aliphatic carbocycles. The molecular weight excluding hydrogens is 300 g/mol. The Hall–Kier alpha value is 0.400. The zero-order valence-corrected chi connectivity index (χ0v) is 14.8. The largest absolute Gasteiger partial charge is 0.305 e. The molecule has 2 atom stereocenters. The second-order valence-corrected chi connectivity index (χ2v) is 7.22. The minimum atomic E-state index is 0.768. The van der Waals surface area contributed by atoms with E-state index in [1.807, 2.05) is 0 Å². The molecule has 0 N–H and O–H groups in total. The summed E-state index contributed by atoms with van der Waals surface area (Å²) in [5.74, 6) is 0.833. The van der Waals surface area contributed by atoms with Crippen LogP contribution < -0.4 is 0 Å². The lowest BCUT2D eigenvalue weighted by atomic mass is 10.1. The van der Waals surface area contributed by atoms with Gasteiger partial charge in [-0.2, -0.15) is 0 Å². The summed E-state index contributed by atoms with van der Waals surface area (Å²) in [5, 5.41) is 1.17. The maximum absolute atomic E-state index is 3.49. The van der Waals surface area contributed by atoms with Gasteiger partial charge < -0.3 is 9.80 Å². The monoisotopic (exact) mass is 332 g/mol. The number of nitrogens with zero attached hydrogens (tertiary/aromatic N) is 2. The third kappa shape index (κ3) is 7.10. The van der Waals surface area contributed by atoms with E-state index in [1.54, 1.807) is 0 Å². The van der Waals surface area contributed by atoms with Gasteiger partial charge in [-0.1, -0.05) is 55.0 Å². The molecule has 1 saturated heterocycles. The fraction of sp³-hybridized carbons (Fsp3) is 1.00. The Morgan fingerprint density at radius 1 is 0.947 bits per heavy atom. The van der Waals surface area contributed by atoms with Crippen LogP contribution in [0, 0.1) is 5.92 Å². The average Bonchev–Trinajstić information content (AvgIpc) is 2.74. The van der Waals surface area contributed by atoms with Crippen LogP contribution in [-0.4, -0.2) is 54.9 Å². The molecule has 1 heterocycles. The summed E-state index contributed by atoms with van der Waals surface area (Å²) in [5.41, 5.74) is 0. The van der Waals surface area contributed by atoms with Crippen LogP contribution in [0.2, 0.25) is 0 Å². The van der Waals surface area contributed by atoms with Crippen LogP contribution in [0.3, 0.4) is 0 Å². The Kier molecular flexibility index (Phi) is 9.34. The van der Waals surface area contributed by atoms with Gasteiger partial charge in [-0.15, -0.1) is 0 Å². The Morgan fingerprint density at radius 2 is 1.53 bits per heavy atom. The molecule has 1 aliphatic rings. The van der Waals surface area contributed by atoms with Gasteiger partial charge in [0.05, 0.1) is 0 Å². The first-order chi connectivity index (χ1) is 9.15. The van der Waals surface area contributed by atoms with Gasteiger partial charge in [-0.05, 0) is 39.4 Å². The second-order valence-electron chi connectivity index (χ2n) is 6.43. The normalized spacial score (nSPS) is 24.5. The number of hydrogen-bond acceptors (Lipinski definition) is 2. The number of rotatable bonds is 10. The lowest BCUT2D eigenvalue weighted by molar-refractivity contribution is 0.251. The molecule has 19 heavy (non-hydrogen) atoms. The van der Waals surface area contributed by atoms with Gasteiger partial charge in [0.1, 0.15) is 0 Å². The van der Waals surface area contributed by atoms with Gasteiger partial charge in [-0.3, -0.25) is 0 Å². The van der Waals surface area contributed by atoms with Crippen molar-refractivity contribution in [3.8, 4) is 0 Å². The molecule has 1 aliphatic heterocycles. The minimum absolute atomic E-state index is 0.768. The first-order valence-electron chi connectivity index (χ1n) is 8.10. The fourth-order valence-electron chi connectivity index (χ4n) is 3.22. The Labute approximate surface area is 129 Å². The summed E-state index contributed by atoms with van der Waals surface area (Å²) in [6, 6.07) is 0.768. The van der Waals surface area contributed by atoms with Crippen LogP contribution >= 0.6 is 15.9 Å². The van der Waals surface area contributed by atoms with Crippen molar-refractivity contribution in [3.05, 3.63) is 0 Å². The summed E-state index contributed by atoms with van der Waals surface area (Å²) in [7, 11) is 4.44. The van der Waals surface area contributed by atoms with E-state index in [0.717, 1.165) is 12.0 Å². The molecule has 1 fully saturated rings. The standard InChI is InChI=1S/C16H33BrN2/c1-15-13-19(14-16(15)18(2)3)12-10-8-6-4-5-7-9-11-17/h15-16H,4-14H2,1-3H3. The lowest BCUT2D eigenvalue weighted by Crippen LogP contribution is -2.34. The first kappa shape index (κ1) is 17.5. The Bertz CT molecular complexity index is 221. The number of unbranched alkanes of at least 4 members (excludes halogenated alkanes) is 6. The Morgan fingerprint density at radius 3 is 2.05 bits per heavy atom. The number of alkyl halides is 1. The summed E-state index contributed by atoms with van der Waals surface area (Å²) in [6.45, 7) is 6.29. The van der Waals surface area contributed by atoms with E-state index >= 15 is 0 Å². The lowest BCUT2D eigenvalue weighted by Gasteiger charge is -2.22. The van der Waals surface area contributed by atoms with Gasteiger partial charge in [-0.25, -0.2) is 0 Å². The molecule has 0 aromatic heterocycles. The first-order valence-corrected chi connectivity index (χ1v) is 9.22. The SMILES string of the molecule is CC1CN(CCCCCCCCCBr)CC1N(C)C. The van der Waals surface area contributed by atoms with Gasteiger partial charge >= 0.3 is 0 Å². The van der Waals surface area contributed by atoms with Crippen molar-refractivity contribution < 1.29 is 0 Å². The highest BCUT2D eigenvalue weighted by atomic mass is 79.9. The van der Waals surface area contributed by atoms with E-state index in [4.69, 9.17) is 0 Å². The molecule has 0 bridgehead atoms. The van der Waals surface area contributed by atoms with E-state index < -0.39 is 0 Å². The van der Waals surface area contributed by atoms with E-state index in [-0.39, 0.29) is 0 Å². The zero-order valence-electron chi connectivity index (χ0n) is 13.2. The summed E-state index contributed by atoms with van der Waals surface area (Å²) >= 11 is 3.49. The molecule has 0 aromatic carbocycles. The molecule has 1 rings (SSSR count). The van der Waals surface area contributed by atoms with Crippen molar-refractivity contribution in [2.45, 2.75) is 57.9 Å². The molecule has 0 saturated carbocycles. The molecule has 2 unspecified atom stereocenters. The summed E-state index contributed by atoms with van der Waals surface area (Å²) in [4.78, 5) is 5.06. The van der Waals surface area contributed by atoms with Crippen molar-refractivity contribution >= 4 is 15.9 Å². The molecule has 3 heteroatoms. The number of likely N-dealkylation sites (tertiary alicyclic amines) is 1. The zero-order chi connectivity index (χ0) is 14.1. The number of likely N-dealkylation sites (N-methyl/N-ethyl adjacent to an activating group) is 1. The quantitative estimate of drug-likeness (QED) is 0.440. The predicted octanol–water partition coefficient (Wildman–Crippen LogP) is 3.99. The van der Waals surface area contributed by atoms with Crippen molar-refractivity contribution in [1.82, 2.24) is 9.80 Å². The van der Waals surface area contributed by atoms with Crippen LogP contribution in [0.15, 0.2) is 0 Å². The number of halogens is 1. The predicted molar refractivity (Wildman–Crippen MR) is 89.2 cm³/mol. The van der Waals surface area contributed by atoms with Crippen LogP contribution in [-0.2, 0) is 0 Å². The highest BCUT2D eigenvalue weighted by molar-refractivity contribution is 9.09. The second kappa shape index (κ2) is 10.2. The number of hydrogen-bond donors (Lipinski definition) is 0. The highest BCUT2D eigenvalue weighted by Gasteiger charge is 2.30.